The van der Waals surface area contributed by atoms with Crippen LogP contribution in [0.2, 0.25) is 10.3 Å². The van der Waals surface area contributed by atoms with E-state index in [0.29, 0.717) is 5.82 Å². The number of H-pyrrole nitrogens is 1. The van der Waals surface area contributed by atoms with Crippen molar-refractivity contribution in [1.82, 2.24) is 9.97 Å². The summed E-state index contributed by atoms with van der Waals surface area (Å²) in [5.41, 5.74) is 5.43. The van der Waals surface area contributed by atoms with Gasteiger partial charge in [0, 0.05) is 6.04 Å². The molecule has 0 bridgehead atoms. The smallest absolute Gasteiger partial charge is 0.166 e. The molecule has 1 aromatic heterocycles. The lowest BCUT2D eigenvalue weighted by Gasteiger charge is -2.10. The van der Waals surface area contributed by atoms with E-state index in [1.165, 1.54) is 0 Å². The van der Waals surface area contributed by atoms with Crippen LogP contribution >= 0.6 is 23.2 Å². The van der Waals surface area contributed by atoms with Crippen molar-refractivity contribution in [1.29, 1.82) is 0 Å². The lowest BCUT2D eigenvalue weighted by atomic mass is 10.2. The van der Waals surface area contributed by atoms with Crippen molar-refractivity contribution in [3.63, 3.8) is 0 Å². The number of nitrogens with one attached hydrogen (secondary N) is 1. The van der Waals surface area contributed by atoms with E-state index in [1.807, 2.05) is 0 Å². The number of nitrogens with two attached hydrogens (primary N) is 1. The first kappa shape index (κ1) is 9.80. The van der Waals surface area contributed by atoms with Gasteiger partial charge in [-0.3, -0.25) is 0 Å². The minimum atomic E-state index is -0.866. The number of nitrogens with zero attached hydrogens (tertiary/aromatic N) is 1. The normalized spacial score (nSPS) is 16.1. The fourth-order valence-corrected chi connectivity index (χ4v) is 1.01. The van der Waals surface area contributed by atoms with Crippen LogP contribution in [0.1, 0.15) is 18.9 Å². The molecule has 0 fully saturated rings. The second-order valence-electron chi connectivity index (χ2n) is 2.53. The average Bonchev–Trinajstić information content (AvgIpc) is 2.30. The number of aromatic nitrogens is 2. The Balaban J connectivity index is 2.89. The number of halogens is 2. The predicted molar refractivity (Wildman–Crippen MR) is 47.2 cm³/mol. The number of hydrogen-bond donors (Lipinski definition) is 3. The fourth-order valence-electron chi connectivity index (χ4n) is 0.736. The van der Waals surface area contributed by atoms with E-state index in [0.717, 1.165) is 0 Å². The maximum Gasteiger partial charge on any atom is 0.166 e. The zero-order valence-electron chi connectivity index (χ0n) is 6.38. The number of imidazole rings is 1. The van der Waals surface area contributed by atoms with Gasteiger partial charge >= 0.3 is 0 Å². The molecule has 2 unspecified atom stereocenters. The summed E-state index contributed by atoms with van der Waals surface area (Å²) in [7, 11) is 0. The summed E-state index contributed by atoms with van der Waals surface area (Å²) >= 11 is 11.1. The molecule has 0 spiro atoms. The topological polar surface area (TPSA) is 74.9 Å². The quantitative estimate of drug-likeness (QED) is 0.684. The van der Waals surface area contributed by atoms with Crippen LogP contribution in [-0.4, -0.2) is 21.1 Å². The Labute approximate surface area is 79.7 Å². The Morgan fingerprint density at radius 1 is 1.58 bits per heavy atom. The largest absolute Gasteiger partial charge is 0.384 e. The summed E-state index contributed by atoms with van der Waals surface area (Å²) in [5.74, 6) is 0.292. The minimum absolute atomic E-state index is 0.145. The molecule has 68 valence electrons. The van der Waals surface area contributed by atoms with Gasteiger partial charge in [-0.15, -0.1) is 0 Å². The molecule has 1 heterocycles. The van der Waals surface area contributed by atoms with Crippen LogP contribution < -0.4 is 5.73 Å². The molecular weight excluding hydrogens is 201 g/mol. The second-order valence-corrected chi connectivity index (χ2v) is 3.27. The van der Waals surface area contributed by atoms with E-state index < -0.39 is 12.1 Å². The van der Waals surface area contributed by atoms with Crippen LogP contribution in [-0.2, 0) is 0 Å². The standard InChI is InChI=1S/C6H9Cl2N3O/c1-2(9)3(12)6-10-4(7)5(8)11-6/h2-3,12H,9H2,1H3,(H,10,11). The van der Waals surface area contributed by atoms with Crippen molar-refractivity contribution < 1.29 is 5.11 Å². The van der Waals surface area contributed by atoms with Gasteiger partial charge in [0.25, 0.3) is 0 Å². The van der Waals surface area contributed by atoms with Gasteiger partial charge in [-0.2, -0.15) is 0 Å². The molecule has 2 atom stereocenters. The third-order valence-corrected chi connectivity index (χ3v) is 2.06. The van der Waals surface area contributed by atoms with E-state index in [4.69, 9.17) is 28.9 Å². The molecule has 0 radical (unpaired) electrons. The van der Waals surface area contributed by atoms with Gasteiger partial charge in [-0.1, -0.05) is 23.2 Å². The molecule has 0 aliphatic rings. The van der Waals surface area contributed by atoms with Crippen LogP contribution in [0.15, 0.2) is 0 Å². The van der Waals surface area contributed by atoms with Crippen LogP contribution in [0.3, 0.4) is 0 Å². The van der Waals surface area contributed by atoms with Gasteiger partial charge in [0.15, 0.2) is 5.15 Å². The molecule has 0 amide bonds. The highest BCUT2D eigenvalue weighted by Crippen LogP contribution is 2.22. The fraction of sp³-hybridized carbons (Fsp3) is 0.500. The summed E-state index contributed by atoms with van der Waals surface area (Å²) in [4.78, 5) is 6.40. The summed E-state index contributed by atoms with van der Waals surface area (Å²) in [5, 5.41) is 9.76. The maximum absolute atomic E-state index is 9.40. The lowest BCUT2D eigenvalue weighted by Crippen LogP contribution is -2.25. The Bertz CT molecular complexity index is 254. The van der Waals surface area contributed by atoms with E-state index in [9.17, 15) is 5.11 Å². The SMILES string of the molecule is CC(N)C(O)c1nc(Cl)c(Cl)[nH]1. The molecule has 1 rings (SSSR count). The minimum Gasteiger partial charge on any atom is -0.384 e. The molecule has 0 saturated heterocycles. The van der Waals surface area contributed by atoms with E-state index in [1.54, 1.807) is 6.92 Å². The molecule has 0 aliphatic carbocycles. The number of aliphatic hydroxyl groups is 1. The van der Waals surface area contributed by atoms with Crippen LogP contribution in [0, 0.1) is 0 Å². The van der Waals surface area contributed by atoms with Gasteiger partial charge in [0.05, 0.1) is 0 Å². The van der Waals surface area contributed by atoms with Crippen molar-refractivity contribution in [2.75, 3.05) is 0 Å². The highest BCUT2D eigenvalue weighted by atomic mass is 35.5. The van der Waals surface area contributed by atoms with Gasteiger partial charge in [-0.25, -0.2) is 4.98 Å². The third-order valence-electron chi connectivity index (χ3n) is 1.42. The second kappa shape index (κ2) is 3.62. The molecule has 0 saturated carbocycles. The van der Waals surface area contributed by atoms with Crippen molar-refractivity contribution in [3.8, 4) is 0 Å². The highest BCUT2D eigenvalue weighted by Gasteiger charge is 2.17. The monoisotopic (exact) mass is 209 g/mol. The molecule has 0 aliphatic heterocycles. The number of hydrogen-bond acceptors (Lipinski definition) is 3. The van der Waals surface area contributed by atoms with Crippen LogP contribution in [0.4, 0.5) is 0 Å². The molecular formula is C6H9Cl2N3O. The molecule has 6 heteroatoms. The molecule has 12 heavy (non-hydrogen) atoms. The van der Waals surface area contributed by atoms with Crippen molar-refractivity contribution in [2.45, 2.75) is 19.1 Å². The first-order chi connectivity index (χ1) is 5.52. The molecule has 1 aromatic rings. The van der Waals surface area contributed by atoms with Crippen molar-refractivity contribution >= 4 is 23.2 Å². The molecule has 4 nitrogen and oxygen atoms in total. The number of aromatic amines is 1. The van der Waals surface area contributed by atoms with Gasteiger partial charge < -0.3 is 15.8 Å². The summed E-state index contributed by atoms with van der Waals surface area (Å²) in [6, 6.07) is -0.414. The van der Waals surface area contributed by atoms with Crippen molar-refractivity contribution in [3.05, 3.63) is 16.1 Å². The first-order valence-electron chi connectivity index (χ1n) is 3.37. The third kappa shape index (κ3) is 1.90. The lowest BCUT2D eigenvalue weighted by molar-refractivity contribution is 0.145. The predicted octanol–water partition coefficient (Wildman–Crippen LogP) is 1.10. The summed E-state index contributed by atoms with van der Waals surface area (Å²) in [6.07, 6.45) is -0.866. The Kier molecular flexibility index (Phi) is 2.95. The highest BCUT2D eigenvalue weighted by molar-refractivity contribution is 6.40. The van der Waals surface area contributed by atoms with Crippen LogP contribution in [0.5, 0.6) is 0 Å². The van der Waals surface area contributed by atoms with Crippen molar-refractivity contribution in [2.24, 2.45) is 5.73 Å². The zero-order chi connectivity index (χ0) is 9.30. The summed E-state index contributed by atoms with van der Waals surface area (Å²) in [6.45, 7) is 1.66. The van der Waals surface area contributed by atoms with Gasteiger partial charge in [0.1, 0.15) is 17.1 Å². The molecule has 4 N–H and O–H groups in total. The Morgan fingerprint density at radius 2 is 2.17 bits per heavy atom. The average molecular weight is 210 g/mol. The van der Waals surface area contributed by atoms with E-state index in [2.05, 4.69) is 9.97 Å². The first-order valence-corrected chi connectivity index (χ1v) is 4.12. The zero-order valence-corrected chi connectivity index (χ0v) is 7.89. The maximum atomic E-state index is 9.40. The van der Waals surface area contributed by atoms with Crippen LogP contribution in [0.25, 0.3) is 0 Å². The van der Waals surface area contributed by atoms with Gasteiger partial charge in [-0.05, 0) is 6.92 Å². The number of aliphatic hydroxyl groups excluding tert-OH is 1. The van der Waals surface area contributed by atoms with E-state index >= 15 is 0 Å². The molecule has 0 aromatic carbocycles. The Morgan fingerprint density at radius 3 is 2.50 bits per heavy atom. The summed E-state index contributed by atoms with van der Waals surface area (Å²) < 4.78 is 0. The van der Waals surface area contributed by atoms with Gasteiger partial charge in [0.2, 0.25) is 0 Å². The Hall–Kier alpha value is -0.290. The van der Waals surface area contributed by atoms with E-state index in [-0.39, 0.29) is 10.3 Å². The number of rotatable bonds is 2.